The molecule has 0 spiro atoms. The molecule has 0 N–H and O–H groups in total. The fourth-order valence-corrected chi connectivity index (χ4v) is 6.80. The molecule has 60 heteroatoms. The van der Waals surface area contributed by atoms with Crippen molar-refractivity contribution >= 4 is 0 Å². The SMILES string of the molecule is CCC(COC(C(F)(F)F)(C(F)(F)F)C(F)(F)F)(COC(C(F)(F)F)(C(F)(F)F)C(F)(F)F)COC(C(F)(F)F)(C(F)(F)F)C(F)(F)F.CCC(COC(C(F)(F)F)(C(F)(F)F)C(F)(F)F)(COC(C(F)(F)F)(C(F)(F)F)C(F)(F)F)COC(C(F)(F)F)(C(F)(F)F)C(F)(F)F. The van der Waals surface area contributed by atoms with Gasteiger partial charge in [-0.15, -0.1) is 0 Å². The third kappa shape index (κ3) is 16.8. The van der Waals surface area contributed by atoms with E-state index in [0.717, 1.165) is 0 Å². The molecule has 0 aromatic rings. The second kappa shape index (κ2) is 26.7. The minimum absolute atomic E-state index is 0.209. The molecule has 96 heavy (non-hydrogen) atoms. The van der Waals surface area contributed by atoms with Gasteiger partial charge >= 0.3 is 145 Å². The quantitative estimate of drug-likeness (QED) is 0.113. The smallest absolute Gasteiger partial charge is 0.350 e. The van der Waals surface area contributed by atoms with Gasteiger partial charge in [-0.2, -0.15) is 237 Å². The standard InChI is InChI=1S/2C18H11F27O3/c2*1-2-6(3-46-7(10(19,20)21,11(22,23)24)12(25,26)27,4-47-8(13(28,29)30,14(31,32)33)15(34,35)36)5-48-9(16(37,38)39,17(40,41)42)18(43,44)45/h2*2-5H2,1H3. The molecule has 0 heterocycles. The maximum atomic E-state index is 13.2. The van der Waals surface area contributed by atoms with Crippen LogP contribution in [0.4, 0.5) is 237 Å². The molecule has 0 aliphatic heterocycles. The molecular weight excluding hydrogens is 1550 g/mol. The summed E-state index contributed by atoms with van der Waals surface area (Å²) in [6.07, 6.45) is -148. The summed E-state index contributed by atoms with van der Waals surface area (Å²) in [5.41, 5.74) is -56.4. The van der Waals surface area contributed by atoms with Crippen molar-refractivity contribution in [3.05, 3.63) is 0 Å². The van der Waals surface area contributed by atoms with Crippen molar-refractivity contribution < 1.29 is 266 Å². The summed E-state index contributed by atoms with van der Waals surface area (Å²) in [5, 5.41) is 0. The van der Waals surface area contributed by atoms with Crippen molar-refractivity contribution in [2.75, 3.05) is 39.6 Å². The number of rotatable bonds is 20. The van der Waals surface area contributed by atoms with Crippen LogP contribution in [0.3, 0.4) is 0 Å². The van der Waals surface area contributed by atoms with Crippen LogP contribution < -0.4 is 0 Å². The van der Waals surface area contributed by atoms with Crippen molar-refractivity contribution in [3.63, 3.8) is 0 Å². The van der Waals surface area contributed by atoms with Crippen LogP contribution in [-0.4, -0.2) is 184 Å². The molecule has 0 bridgehead atoms. The highest BCUT2D eigenvalue weighted by molar-refractivity contribution is 5.09. The van der Waals surface area contributed by atoms with E-state index in [1.807, 2.05) is 0 Å². The average molecular weight is 1580 g/mol. The summed E-state index contributed by atoms with van der Waals surface area (Å²) in [6, 6.07) is 0. The lowest BCUT2D eigenvalue weighted by molar-refractivity contribution is -0.476. The van der Waals surface area contributed by atoms with Crippen molar-refractivity contribution in [2.24, 2.45) is 10.8 Å². The predicted molar refractivity (Wildman–Crippen MR) is 187 cm³/mol. The summed E-state index contributed by atoms with van der Waals surface area (Å²) in [7, 11) is 0. The van der Waals surface area contributed by atoms with E-state index in [9.17, 15) is 237 Å². The molecule has 0 saturated heterocycles. The van der Waals surface area contributed by atoms with E-state index in [-0.39, 0.29) is 13.8 Å². The molecule has 0 aliphatic rings. The van der Waals surface area contributed by atoms with E-state index >= 15 is 0 Å². The molecule has 580 valence electrons. The number of ether oxygens (including phenoxy) is 6. The highest BCUT2D eigenvalue weighted by atomic mass is 19.5. The van der Waals surface area contributed by atoms with Crippen LogP contribution in [0.2, 0.25) is 0 Å². The minimum Gasteiger partial charge on any atom is -0.350 e. The largest absolute Gasteiger partial charge is 0.435 e. The molecule has 0 unspecified atom stereocenters. The maximum Gasteiger partial charge on any atom is 0.435 e. The number of halogens is 54. The number of alkyl halides is 54. The van der Waals surface area contributed by atoms with Gasteiger partial charge in [0.05, 0.1) is 39.6 Å². The first-order valence-corrected chi connectivity index (χ1v) is 21.9. The molecule has 0 rings (SSSR count). The fourth-order valence-electron chi connectivity index (χ4n) is 6.80. The van der Waals surface area contributed by atoms with E-state index in [0.29, 0.717) is 0 Å². The molecule has 0 amide bonds. The Morgan fingerprint density at radius 3 is 0.240 bits per heavy atom. The second-order valence-corrected chi connectivity index (χ2v) is 18.5. The van der Waals surface area contributed by atoms with Crippen molar-refractivity contribution in [2.45, 2.75) is 171 Å². The summed E-state index contributed by atoms with van der Waals surface area (Å²) < 4.78 is 729. The van der Waals surface area contributed by atoms with Crippen LogP contribution >= 0.6 is 0 Å². The summed E-state index contributed by atoms with van der Waals surface area (Å²) >= 11 is 0. The Balaban J connectivity index is 0. The van der Waals surface area contributed by atoms with Gasteiger partial charge in [0.2, 0.25) is 0 Å². The fraction of sp³-hybridized carbons (Fsp3) is 1.00. The van der Waals surface area contributed by atoms with Crippen LogP contribution in [0.5, 0.6) is 0 Å². The van der Waals surface area contributed by atoms with Gasteiger partial charge in [-0.05, 0) is 12.8 Å². The van der Waals surface area contributed by atoms with Gasteiger partial charge < -0.3 is 28.4 Å². The van der Waals surface area contributed by atoms with Crippen LogP contribution in [0, 0.1) is 10.8 Å². The maximum absolute atomic E-state index is 13.2. The van der Waals surface area contributed by atoms with Crippen molar-refractivity contribution in [1.82, 2.24) is 0 Å². The molecule has 0 aromatic heterocycles. The normalized spacial score (nSPS) is 16.5. The van der Waals surface area contributed by atoms with E-state index in [1.54, 1.807) is 0 Å². The van der Waals surface area contributed by atoms with Crippen molar-refractivity contribution in [1.29, 1.82) is 0 Å². The molecular formula is C36H22F54O6. The summed E-state index contributed by atoms with van der Waals surface area (Å²) in [6.45, 7) is -23.3. The Labute approximate surface area is 488 Å². The van der Waals surface area contributed by atoms with Gasteiger partial charge in [0, 0.05) is 10.8 Å². The molecule has 0 fully saturated rings. The first-order valence-electron chi connectivity index (χ1n) is 21.9. The molecule has 0 aromatic carbocycles. The third-order valence-corrected chi connectivity index (χ3v) is 12.3. The molecule has 6 nitrogen and oxygen atoms in total. The van der Waals surface area contributed by atoms with Gasteiger partial charge in [-0.25, -0.2) is 0 Å². The first-order chi connectivity index (χ1) is 40.9. The molecule has 0 atom stereocenters. The first kappa shape index (κ1) is 94.0. The predicted octanol–water partition coefficient (Wildman–Crippen LogP) is 19.4. The monoisotopic (exact) mass is 1580 g/mol. The zero-order valence-electron chi connectivity index (χ0n) is 43.5. The summed E-state index contributed by atoms with van der Waals surface area (Å²) in [4.78, 5) is 0. The van der Waals surface area contributed by atoms with Gasteiger partial charge in [0.1, 0.15) is 0 Å². The number of hydrogen-bond donors (Lipinski definition) is 0. The zero-order chi connectivity index (χ0) is 78.9. The van der Waals surface area contributed by atoms with E-state index in [2.05, 4.69) is 28.4 Å². The average Bonchev–Trinajstić information content (AvgIpc) is 0.753. The second-order valence-electron chi connectivity index (χ2n) is 18.5. The zero-order valence-corrected chi connectivity index (χ0v) is 43.5. The molecule has 0 radical (unpaired) electrons. The molecule has 0 aliphatic carbocycles. The summed E-state index contributed by atoms with van der Waals surface area (Å²) in [5.74, 6) is 0. The van der Waals surface area contributed by atoms with E-state index in [1.165, 1.54) is 0 Å². The Morgan fingerprint density at radius 1 is 0.135 bits per heavy atom. The number of hydrogen-bond acceptors (Lipinski definition) is 6. The Morgan fingerprint density at radius 2 is 0.198 bits per heavy atom. The van der Waals surface area contributed by atoms with Crippen molar-refractivity contribution in [3.8, 4) is 0 Å². The Bertz CT molecular complexity index is 1800. The lowest BCUT2D eigenvalue weighted by Crippen LogP contribution is -2.70. The Hall–Kier alpha value is -4.02. The van der Waals surface area contributed by atoms with Gasteiger partial charge in [-0.3, -0.25) is 0 Å². The van der Waals surface area contributed by atoms with Crippen LogP contribution in [0.15, 0.2) is 0 Å². The van der Waals surface area contributed by atoms with Gasteiger partial charge in [0.25, 0.3) is 0 Å². The topological polar surface area (TPSA) is 55.4 Å². The molecule has 0 saturated carbocycles. The van der Waals surface area contributed by atoms with E-state index < -0.39 is 208 Å². The van der Waals surface area contributed by atoms with Crippen LogP contribution in [0.1, 0.15) is 26.7 Å². The Kier molecular flexibility index (Phi) is 26.2. The van der Waals surface area contributed by atoms with Gasteiger partial charge in [0.15, 0.2) is 0 Å². The van der Waals surface area contributed by atoms with Crippen LogP contribution in [0.25, 0.3) is 0 Å². The lowest BCUT2D eigenvalue weighted by atomic mass is 9.86. The minimum atomic E-state index is -7.95. The van der Waals surface area contributed by atoms with E-state index in [4.69, 9.17) is 0 Å². The van der Waals surface area contributed by atoms with Gasteiger partial charge in [-0.1, -0.05) is 13.8 Å². The lowest BCUT2D eigenvalue weighted by Gasteiger charge is -2.45. The third-order valence-electron chi connectivity index (χ3n) is 12.3. The highest BCUT2D eigenvalue weighted by Crippen LogP contribution is 2.63. The highest BCUT2D eigenvalue weighted by Gasteiger charge is 2.92. The van der Waals surface area contributed by atoms with Crippen LogP contribution in [-0.2, 0) is 28.4 Å².